The largest absolute Gasteiger partial charge is 0.356 e. The van der Waals surface area contributed by atoms with E-state index in [0.717, 1.165) is 42.7 Å². The molecule has 0 unspecified atom stereocenters. The number of carbonyl (C=O) groups is 1. The first kappa shape index (κ1) is 14.8. The molecule has 1 aromatic heterocycles. The molecule has 5 heteroatoms. The first-order valence-electron chi connectivity index (χ1n) is 6.95. The second-order valence-corrected chi connectivity index (χ2v) is 6.86. The van der Waals surface area contributed by atoms with E-state index < -0.39 is 0 Å². The van der Waals surface area contributed by atoms with Crippen molar-refractivity contribution in [3.05, 3.63) is 21.3 Å². The highest BCUT2D eigenvalue weighted by Crippen LogP contribution is 2.22. The monoisotopic (exact) mass is 300 g/mol. The first-order valence-corrected chi connectivity index (χ1v) is 8.15. The van der Waals surface area contributed by atoms with E-state index in [1.54, 1.807) is 11.3 Å². The average Bonchev–Trinajstić information content (AvgIpc) is 2.83. The van der Waals surface area contributed by atoms with Gasteiger partial charge in [0.05, 0.1) is 4.34 Å². The fourth-order valence-corrected chi connectivity index (χ4v) is 3.48. The summed E-state index contributed by atoms with van der Waals surface area (Å²) < 4.78 is 0.792. The third-order valence-corrected chi connectivity index (χ3v) is 4.79. The van der Waals surface area contributed by atoms with Crippen LogP contribution in [0.1, 0.15) is 30.6 Å². The van der Waals surface area contributed by atoms with Crippen LogP contribution in [0.4, 0.5) is 0 Å². The van der Waals surface area contributed by atoms with Gasteiger partial charge in [0.2, 0.25) is 5.91 Å². The Balaban J connectivity index is 1.56. The van der Waals surface area contributed by atoms with Crippen molar-refractivity contribution in [1.29, 1.82) is 0 Å². The zero-order chi connectivity index (χ0) is 13.5. The average molecular weight is 301 g/mol. The highest BCUT2D eigenvalue weighted by Gasteiger charge is 2.12. The second kappa shape index (κ2) is 7.88. The van der Waals surface area contributed by atoms with Gasteiger partial charge >= 0.3 is 0 Å². The number of carbonyl (C=O) groups excluding carboxylic acids is 1. The summed E-state index contributed by atoms with van der Waals surface area (Å²) in [5.41, 5.74) is 0. The van der Waals surface area contributed by atoms with Crippen molar-refractivity contribution in [2.75, 3.05) is 19.6 Å². The van der Waals surface area contributed by atoms with E-state index in [1.807, 2.05) is 12.1 Å². The predicted molar refractivity (Wildman–Crippen MR) is 80.9 cm³/mol. The second-order valence-electron chi connectivity index (χ2n) is 5.06. The van der Waals surface area contributed by atoms with E-state index in [-0.39, 0.29) is 5.91 Å². The minimum absolute atomic E-state index is 0.147. The molecule has 0 aromatic carbocycles. The zero-order valence-electron chi connectivity index (χ0n) is 11.1. The maximum atomic E-state index is 11.7. The lowest BCUT2D eigenvalue weighted by molar-refractivity contribution is -0.121. The molecule has 106 valence electrons. The predicted octanol–water partition coefficient (Wildman–Crippen LogP) is 2.84. The summed E-state index contributed by atoms with van der Waals surface area (Å²) in [7, 11) is 0. The van der Waals surface area contributed by atoms with Crippen LogP contribution in [-0.4, -0.2) is 25.5 Å². The number of piperidine rings is 1. The third kappa shape index (κ3) is 5.51. The Hall–Kier alpha value is -0.580. The number of rotatable bonds is 6. The van der Waals surface area contributed by atoms with Crippen LogP contribution >= 0.6 is 22.9 Å². The number of halogens is 1. The highest BCUT2D eigenvalue weighted by molar-refractivity contribution is 7.16. The summed E-state index contributed by atoms with van der Waals surface area (Å²) in [4.78, 5) is 12.9. The van der Waals surface area contributed by atoms with Crippen LogP contribution in [0.3, 0.4) is 0 Å². The van der Waals surface area contributed by atoms with Gasteiger partial charge in [-0.15, -0.1) is 11.3 Å². The topological polar surface area (TPSA) is 41.1 Å². The van der Waals surface area contributed by atoms with Crippen molar-refractivity contribution in [2.45, 2.75) is 32.1 Å². The summed E-state index contributed by atoms with van der Waals surface area (Å²) in [6, 6.07) is 3.88. The van der Waals surface area contributed by atoms with Crippen LogP contribution in [0.15, 0.2) is 12.1 Å². The van der Waals surface area contributed by atoms with Gasteiger partial charge in [-0.3, -0.25) is 4.79 Å². The molecule has 1 fully saturated rings. The van der Waals surface area contributed by atoms with E-state index in [4.69, 9.17) is 11.6 Å². The van der Waals surface area contributed by atoms with Crippen LogP contribution < -0.4 is 10.6 Å². The van der Waals surface area contributed by atoms with Crippen LogP contribution in [0, 0.1) is 5.92 Å². The highest BCUT2D eigenvalue weighted by atomic mass is 35.5. The summed E-state index contributed by atoms with van der Waals surface area (Å²) in [5, 5.41) is 6.41. The summed E-state index contributed by atoms with van der Waals surface area (Å²) in [6.45, 7) is 3.05. The number of nitrogens with one attached hydrogen (secondary N) is 2. The van der Waals surface area contributed by atoms with Crippen LogP contribution in [0.2, 0.25) is 4.34 Å². The first-order chi connectivity index (χ1) is 9.24. The van der Waals surface area contributed by atoms with Gasteiger partial charge in [0, 0.05) is 17.8 Å². The Bertz CT molecular complexity index is 402. The minimum Gasteiger partial charge on any atom is -0.356 e. The molecule has 1 amide bonds. The smallest absolute Gasteiger partial charge is 0.220 e. The molecule has 0 bridgehead atoms. The van der Waals surface area contributed by atoms with E-state index in [0.29, 0.717) is 6.42 Å². The van der Waals surface area contributed by atoms with Gasteiger partial charge in [-0.1, -0.05) is 11.6 Å². The fourth-order valence-electron chi connectivity index (χ4n) is 2.40. The third-order valence-electron chi connectivity index (χ3n) is 3.50. The van der Waals surface area contributed by atoms with Gasteiger partial charge in [0.15, 0.2) is 0 Å². The van der Waals surface area contributed by atoms with Crippen LogP contribution in [0.25, 0.3) is 0 Å². The molecule has 3 nitrogen and oxygen atoms in total. The maximum absolute atomic E-state index is 11.7. The summed E-state index contributed by atoms with van der Waals surface area (Å²) in [6.07, 6.45) is 4.98. The molecule has 0 saturated carbocycles. The van der Waals surface area contributed by atoms with E-state index in [1.165, 1.54) is 17.7 Å². The van der Waals surface area contributed by atoms with Crippen LogP contribution in [0.5, 0.6) is 0 Å². The summed E-state index contributed by atoms with van der Waals surface area (Å²) in [5.74, 6) is 0.874. The van der Waals surface area contributed by atoms with Crippen molar-refractivity contribution >= 4 is 28.8 Å². The molecule has 2 N–H and O–H groups in total. The normalized spacial score (nSPS) is 19.3. The minimum atomic E-state index is 0.147. The van der Waals surface area contributed by atoms with E-state index in [2.05, 4.69) is 10.6 Å². The molecular weight excluding hydrogens is 280 g/mol. The van der Waals surface area contributed by atoms with Gasteiger partial charge < -0.3 is 10.6 Å². The number of hydrogen-bond acceptors (Lipinski definition) is 3. The van der Waals surface area contributed by atoms with Crippen molar-refractivity contribution in [1.82, 2.24) is 10.6 Å². The molecule has 0 spiro atoms. The van der Waals surface area contributed by atoms with Crippen molar-refractivity contribution in [3.63, 3.8) is 0 Å². The maximum Gasteiger partial charge on any atom is 0.220 e. The molecule has 1 aliphatic rings. The number of hydrogen-bond donors (Lipinski definition) is 2. The Labute approximate surface area is 123 Å². The van der Waals surface area contributed by atoms with Gasteiger partial charge in [0.1, 0.15) is 0 Å². The van der Waals surface area contributed by atoms with Crippen LogP contribution in [-0.2, 0) is 11.2 Å². The molecule has 19 heavy (non-hydrogen) atoms. The molecule has 1 atom stereocenters. The van der Waals surface area contributed by atoms with Crippen molar-refractivity contribution in [3.8, 4) is 0 Å². The van der Waals surface area contributed by atoms with E-state index >= 15 is 0 Å². The zero-order valence-corrected chi connectivity index (χ0v) is 12.7. The molecule has 1 saturated heterocycles. The van der Waals surface area contributed by atoms with Crippen molar-refractivity contribution < 1.29 is 4.79 Å². The SMILES string of the molecule is O=C(CCc1ccc(Cl)s1)NCC[C@H]1CCCNC1. The lowest BCUT2D eigenvalue weighted by atomic mass is 9.96. The quantitative estimate of drug-likeness (QED) is 0.848. The van der Waals surface area contributed by atoms with Gasteiger partial charge in [-0.25, -0.2) is 0 Å². The lowest BCUT2D eigenvalue weighted by Crippen LogP contribution is -2.33. The molecule has 1 aromatic rings. The number of thiophene rings is 1. The fraction of sp³-hybridized carbons (Fsp3) is 0.643. The molecule has 2 heterocycles. The Kier molecular flexibility index (Phi) is 6.14. The van der Waals surface area contributed by atoms with Gasteiger partial charge in [0.25, 0.3) is 0 Å². The lowest BCUT2D eigenvalue weighted by Gasteiger charge is -2.22. The van der Waals surface area contributed by atoms with Gasteiger partial charge in [-0.05, 0) is 56.8 Å². The summed E-state index contributed by atoms with van der Waals surface area (Å²) >= 11 is 7.41. The molecule has 2 rings (SSSR count). The standard InChI is InChI=1S/C14H21ClN2OS/c15-13-5-3-12(19-13)4-6-14(18)17-9-7-11-2-1-8-16-10-11/h3,5,11,16H,1-2,4,6-10H2,(H,17,18)/t11-/m1/s1. The number of aryl methyl sites for hydroxylation is 1. The molecule has 0 radical (unpaired) electrons. The Morgan fingerprint density at radius 1 is 1.53 bits per heavy atom. The van der Waals surface area contributed by atoms with E-state index in [9.17, 15) is 4.79 Å². The molecule has 0 aliphatic carbocycles. The number of amides is 1. The molecule has 1 aliphatic heterocycles. The van der Waals surface area contributed by atoms with Gasteiger partial charge in [-0.2, -0.15) is 0 Å². The Morgan fingerprint density at radius 3 is 3.11 bits per heavy atom. The molecular formula is C14H21ClN2OS. The Morgan fingerprint density at radius 2 is 2.42 bits per heavy atom. The van der Waals surface area contributed by atoms with Crippen molar-refractivity contribution in [2.24, 2.45) is 5.92 Å².